The van der Waals surface area contributed by atoms with Gasteiger partial charge in [0.15, 0.2) is 18.1 Å². The number of carbonyl (C=O) groups is 2. The number of piperidine rings is 1. The van der Waals surface area contributed by atoms with Gasteiger partial charge >= 0.3 is 0 Å². The van der Waals surface area contributed by atoms with Crippen molar-refractivity contribution in [2.45, 2.75) is 26.2 Å². The highest BCUT2D eigenvalue weighted by atomic mass is 79.9. The van der Waals surface area contributed by atoms with E-state index in [2.05, 4.69) is 21.2 Å². The number of hydrogen-bond donors (Lipinski definition) is 1. The van der Waals surface area contributed by atoms with Crippen molar-refractivity contribution in [2.75, 3.05) is 31.6 Å². The molecular weight excluding hydrogens is 436 g/mol. The highest BCUT2D eigenvalue weighted by molar-refractivity contribution is 9.10. The first-order valence-electron chi connectivity index (χ1n) is 9.81. The molecule has 2 aromatic carbocycles. The predicted molar refractivity (Wildman–Crippen MR) is 116 cm³/mol. The first-order valence-corrected chi connectivity index (χ1v) is 10.6. The number of halogens is 1. The van der Waals surface area contributed by atoms with Crippen LogP contribution in [0.1, 0.15) is 36.5 Å². The molecule has 0 radical (unpaired) electrons. The number of amides is 2. The summed E-state index contributed by atoms with van der Waals surface area (Å²) in [6.07, 6.45) is 3.25. The second-order valence-corrected chi connectivity index (χ2v) is 7.70. The molecule has 0 spiro atoms. The maximum Gasteiger partial charge on any atom is 0.260 e. The number of rotatable bonds is 7. The van der Waals surface area contributed by atoms with Crippen LogP contribution >= 0.6 is 15.9 Å². The zero-order valence-electron chi connectivity index (χ0n) is 16.4. The van der Waals surface area contributed by atoms with Crippen LogP contribution in [0.4, 0.5) is 5.69 Å². The molecule has 3 rings (SSSR count). The molecule has 2 amide bonds. The van der Waals surface area contributed by atoms with Crippen molar-refractivity contribution in [1.82, 2.24) is 4.90 Å². The third-order valence-corrected chi connectivity index (χ3v) is 5.20. The zero-order valence-corrected chi connectivity index (χ0v) is 18.0. The fraction of sp³-hybridized carbons (Fsp3) is 0.364. The van der Waals surface area contributed by atoms with E-state index in [9.17, 15) is 9.59 Å². The number of anilines is 1. The molecule has 0 saturated carbocycles. The van der Waals surface area contributed by atoms with Crippen molar-refractivity contribution >= 4 is 33.4 Å². The largest absolute Gasteiger partial charge is 0.490 e. The summed E-state index contributed by atoms with van der Waals surface area (Å²) in [6.45, 7) is 3.82. The Labute approximate surface area is 179 Å². The minimum Gasteiger partial charge on any atom is -0.490 e. The van der Waals surface area contributed by atoms with E-state index < -0.39 is 0 Å². The first-order chi connectivity index (χ1) is 14.1. The van der Waals surface area contributed by atoms with Crippen molar-refractivity contribution < 1.29 is 19.1 Å². The van der Waals surface area contributed by atoms with E-state index in [-0.39, 0.29) is 18.4 Å². The minimum absolute atomic E-state index is 0.0239. The lowest BCUT2D eigenvalue weighted by Gasteiger charge is -2.26. The van der Waals surface area contributed by atoms with Gasteiger partial charge in [0.2, 0.25) is 0 Å². The summed E-state index contributed by atoms with van der Waals surface area (Å²) in [5, 5.41) is 2.85. The number of nitrogens with zero attached hydrogens (tertiary/aromatic N) is 1. The molecule has 6 nitrogen and oxygen atoms in total. The topological polar surface area (TPSA) is 67.9 Å². The lowest BCUT2D eigenvalue weighted by atomic mass is 10.1. The molecule has 0 atom stereocenters. The molecule has 0 aromatic heterocycles. The van der Waals surface area contributed by atoms with Crippen LogP contribution in [0, 0.1) is 0 Å². The van der Waals surface area contributed by atoms with Gasteiger partial charge in [0.1, 0.15) is 0 Å². The SMILES string of the molecule is CCOc1cc(C(=O)Nc2ccc(Br)cc2)ccc1OCC(=O)N1CCCCC1. The molecule has 29 heavy (non-hydrogen) atoms. The fourth-order valence-corrected chi connectivity index (χ4v) is 3.41. The van der Waals surface area contributed by atoms with Crippen LogP contribution in [0.25, 0.3) is 0 Å². The Morgan fingerprint density at radius 1 is 1.00 bits per heavy atom. The molecule has 1 fully saturated rings. The van der Waals surface area contributed by atoms with Crippen LogP contribution < -0.4 is 14.8 Å². The van der Waals surface area contributed by atoms with Gasteiger partial charge in [-0.05, 0) is 68.7 Å². The van der Waals surface area contributed by atoms with Gasteiger partial charge < -0.3 is 19.7 Å². The Kier molecular flexibility index (Phi) is 7.52. The van der Waals surface area contributed by atoms with Crippen LogP contribution in [0.3, 0.4) is 0 Å². The van der Waals surface area contributed by atoms with Gasteiger partial charge in [-0.2, -0.15) is 0 Å². The molecule has 0 unspecified atom stereocenters. The van der Waals surface area contributed by atoms with Crippen LogP contribution in [-0.2, 0) is 4.79 Å². The van der Waals surface area contributed by atoms with E-state index in [0.717, 1.165) is 30.4 Å². The lowest BCUT2D eigenvalue weighted by Crippen LogP contribution is -2.38. The second-order valence-electron chi connectivity index (χ2n) is 6.79. The highest BCUT2D eigenvalue weighted by Gasteiger charge is 2.18. The molecular formula is C22H25BrN2O4. The van der Waals surface area contributed by atoms with Gasteiger partial charge in [-0.1, -0.05) is 15.9 Å². The van der Waals surface area contributed by atoms with Gasteiger partial charge in [0.25, 0.3) is 11.8 Å². The van der Waals surface area contributed by atoms with Gasteiger partial charge in [0, 0.05) is 28.8 Å². The number of benzene rings is 2. The number of carbonyl (C=O) groups excluding carboxylic acids is 2. The van der Waals surface area contributed by atoms with Gasteiger partial charge in [-0.15, -0.1) is 0 Å². The Morgan fingerprint density at radius 2 is 1.72 bits per heavy atom. The van der Waals surface area contributed by atoms with E-state index in [4.69, 9.17) is 9.47 Å². The van der Waals surface area contributed by atoms with E-state index in [1.165, 1.54) is 6.42 Å². The van der Waals surface area contributed by atoms with Crippen molar-refractivity contribution in [1.29, 1.82) is 0 Å². The van der Waals surface area contributed by atoms with Crippen molar-refractivity contribution in [3.05, 3.63) is 52.5 Å². The van der Waals surface area contributed by atoms with Gasteiger partial charge in [-0.25, -0.2) is 0 Å². The minimum atomic E-state index is -0.246. The van der Waals surface area contributed by atoms with Crippen molar-refractivity contribution in [3.63, 3.8) is 0 Å². The van der Waals surface area contributed by atoms with Gasteiger partial charge in [0.05, 0.1) is 6.61 Å². The summed E-state index contributed by atoms with van der Waals surface area (Å²) in [5.41, 5.74) is 1.15. The average Bonchev–Trinajstić information content (AvgIpc) is 2.75. The van der Waals surface area contributed by atoms with Crippen LogP contribution in [0.5, 0.6) is 11.5 Å². The normalized spacial score (nSPS) is 13.7. The maximum absolute atomic E-state index is 12.6. The Hall–Kier alpha value is -2.54. The predicted octanol–water partition coefficient (Wildman–Crippen LogP) is 4.49. The molecule has 1 saturated heterocycles. The smallest absolute Gasteiger partial charge is 0.260 e. The quantitative estimate of drug-likeness (QED) is 0.660. The molecule has 1 N–H and O–H groups in total. The third-order valence-electron chi connectivity index (χ3n) is 4.67. The number of likely N-dealkylation sites (tertiary alicyclic amines) is 1. The van der Waals surface area contributed by atoms with E-state index in [1.54, 1.807) is 18.2 Å². The summed E-state index contributed by atoms with van der Waals surface area (Å²) in [7, 11) is 0. The van der Waals surface area contributed by atoms with E-state index in [0.29, 0.717) is 29.4 Å². The Balaban J connectivity index is 1.66. The van der Waals surface area contributed by atoms with Crippen LogP contribution in [0.15, 0.2) is 46.9 Å². The molecule has 0 aliphatic carbocycles. The fourth-order valence-electron chi connectivity index (χ4n) is 3.15. The molecule has 1 heterocycles. The molecule has 1 aliphatic rings. The van der Waals surface area contributed by atoms with Crippen molar-refractivity contribution in [2.24, 2.45) is 0 Å². The number of nitrogens with one attached hydrogen (secondary N) is 1. The van der Waals surface area contributed by atoms with Crippen molar-refractivity contribution in [3.8, 4) is 11.5 Å². The van der Waals surface area contributed by atoms with E-state index >= 15 is 0 Å². The molecule has 2 aromatic rings. The summed E-state index contributed by atoms with van der Waals surface area (Å²) in [4.78, 5) is 26.7. The average molecular weight is 461 g/mol. The Morgan fingerprint density at radius 3 is 2.41 bits per heavy atom. The molecule has 1 aliphatic heterocycles. The summed E-state index contributed by atoms with van der Waals surface area (Å²) in [6, 6.07) is 12.3. The Bertz CT molecular complexity index is 848. The summed E-state index contributed by atoms with van der Waals surface area (Å²) < 4.78 is 12.3. The van der Waals surface area contributed by atoms with E-state index in [1.807, 2.05) is 36.1 Å². The standard InChI is InChI=1S/C22H25BrN2O4/c1-2-28-20-14-16(22(27)24-18-9-7-17(23)8-10-18)6-11-19(20)29-15-21(26)25-12-4-3-5-13-25/h6-11,14H,2-5,12-13,15H2,1H3,(H,24,27). The van der Waals surface area contributed by atoms with Crippen LogP contribution in [0.2, 0.25) is 0 Å². The highest BCUT2D eigenvalue weighted by Crippen LogP contribution is 2.29. The summed E-state index contributed by atoms with van der Waals surface area (Å²) in [5.74, 6) is 0.633. The molecule has 7 heteroatoms. The maximum atomic E-state index is 12.6. The zero-order chi connectivity index (χ0) is 20.6. The third kappa shape index (κ3) is 5.97. The molecule has 154 valence electrons. The molecule has 0 bridgehead atoms. The summed E-state index contributed by atoms with van der Waals surface area (Å²) >= 11 is 3.37. The monoisotopic (exact) mass is 460 g/mol. The second kappa shape index (κ2) is 10.3. The number of ether oxygens (including phenoxy) is 2. The lowest BCUT2D eigenvalue weighted by molar-refractivity contribution is -0.134. The van der Waals surface area contributed by atoms with Crippen LogP contribution in [-0.4, -0.2) is 43.0 Å². The first kappa shape index (κ1) is 21.2. The number of hydrogen-bond acceptors (Lipinski definition) is 4. The van der Waals surface area contributed by atoms with Gasteiger partial charge in [-0.3, -0.25) is 9.59 Å².